The van der Waals surface area contributed by atoms with Crippen molar-refractivity contribution in [1.29, 1.82) is 0 Å². The number of nitrogens with two attached hydrogens (primary N) is 1. The van der Waals surface area contributed by atoms with Crippen molar-refractivity contribution in [3.63, 3.8) is 0 Å². The number of ether oxygens (including phenoxy) is 1. The van der Waals surface area contributed by atoms with E-state index in [-0.39, 0.29) is 0 Å². The van der Waals surface area contributed by atoms with Crippen molar-refractivity contribution in [2.75, 3.05) is 46.4 Å². The summed E-state index contributed by atoms with van der Waals surface area (Å²) in [6, 6.07) is -0.396. The van der Waals surface area contributed by atoms with E-state index >= 15 is 0 Å². The summed E-state index contributed by atoms with van der Waals surface area (Å²) >= 11 is 0. The van der Waals surface area contributed by atoms with E-state index in [4.69, 9.17) is 10.5 Å². The maximum Gasteiger partial charge on any atom is 0.344 e. The SMILES string of the molecule is COC1CCN(N(C(N)=O)N2CCNCC2)CC1. The number of urea groups is 1. The van der Waals surface area contributed by atoms with Gasteiger partial charge in [0.2, 0.25) is 0 Å². The molecule has 3 N–H and O–H groups in total. The van der Waals surface area contributed by atoms with Gasteiger partial charge in [-0.05, 0) is 12.8 Å². The standard InChI is InChI=1S/C11H23N5O2/c1-18-10-2-6-14(7-3-10)16(11(12)17)15-8-4-13-5-9-15/h10,13H,2-9H2,1H3,(H2,12,17). The van der Waals surface area contributed by atoms with Crippen LogP contribution < -0.4 is 11.1 Å². The van der Waals surface area contributed by atoms with Crippen molar-refractivity contribution in [3.05, 3.63) is 0 Å². The molecular weight excluding hydrogens is 234 g/mol. The summed E-state index contributed by atoms with van der Waals surface area (Å²) in [4.78, 5) is 11.7. The maximum atomic E-state index is 11.7. The summed E-state index contributed by atoms with van der Waals surface area (Å²) in [6.07, 6.45) is 2.18. The van der Waals surface area contributed by atoms with Gasteiger partial charge in [-0.3, -0.25) is 0 Å². The van der Waals surface area contributed by atoms with Gasteiger partial charge in [0.1, 0.15) is 0 Å². The van der Waals surface area contributed by atoms with E-state index in [0.29, 0.717) is 6.10 Å². The minimum Gasteiger partial charge on any atom is -0.381 e. The van der Waals surface area contributed by atoms with Crippen LogP contribution in [0.1, 0.15) is 12.8 Å². The number of nitrogens with zero attached hydrogens (tertiary/aromatic N) is 3. The Morgan fingerprint density at radius 3 is 2.28 bits per heavy atom. The molecule has 18 heavy (non-hydrogen) atoms. The van der Waals surface area contributed by atoms with Gasteiger partial charge in [-0.2, -0.15) is 10.1 Å². The number of amides is 2. The first-order chi connectivity index (χ1) is 8.72. The lowest BCUT2D eigenvalue weighted by molar-refractivity contribution is -0.161. The third-order valence-electron chi connectivity index (χ3n) is 3.58. The molecule has 0 unspecified atom stereocenters. The molecule has 2 amide bonds. The largest absolute Gasteiger partial charge is 0.381 e. The zero-order valence-corrected chi connectivity index (χ0v) is 11.0. The van der Waals surface area contributed by atoms with Gasteiger partial charge in [0.25, 0.3) is 0 Å². The molecule has 2 aliphatic heterocycles. The fourth-order valence-corrected chi connectivity index (χ4v) is 2.57. The van der Waals surface area contributed by atoms with E-state index in [9.17, 15) is 4.79 Å². The highest BCUT2D eigenvalue weighted by Crippen LogP contribution is 2.16. The first kappa shape index (κ1) is 13.5. The zero-order valence-electron chi connectivity index (χ0n) is 11.0. The molecule has 104 valence electrons. The number of piperazine rings is 1. The molecule has 0 aliphatic carbocycles. The molecule has 0 atom stereocenters. The lowest BCUT2D eigenvalue weighted by Gasteiger charge is -2.44. The van der Waals surface area contributed by atoms with Crippen LogP contribution in [0.15, 0.2) is 0 Å². The van der Waals surface area contributed by atoms with E-state index in [0.717, 1.165) is 52.1 Å². The predicted octanol–water partition coefficient (Wildman–Crippen LogP) is -0.787. The Hall–Kier alpha value is -0.890. The number of methoxy groups -OCH3 is 1. The fraction of sp³-hybridized carbons (Fsp3) is 0.909. The lowest BCUT2D eigenvalue weighted by atomic mass is 10.1. The summed E-state index contributed by atoms with van der Waals surface area (Å²) < 4.78 is 5.34. The first-order valence-corrected chi connectivity index (χ1v) is 6.55. The monoisotopic (exact) mass is 257 g/mol. The maximum absolute atomic E-state index is 11.7. The van der Waals surface area contributed by atoms with Crippen LogP contribution in [0.25, 0.3) is 0 Å². The van der Waals surface area contributed by atoms with Crippen LogP contribution in [0, 0.1) is 0 Å². The molecule has 0 spiro atoms. The van der Waals surface area contributed by atoms with Crippen molar-refractivity contribution >= 4 is 6.03 Å². The number of hydrogen-bond acceptors (Lipinski definition) is 5. The highest BCUT2D eigenvalue weighted by atomic mass is 16.5. The number of nitrogens with one attached hydrogen (secondary N) is 1. The minimum absolute atomic E-state index is 0.305. The number of hydrogen-bond donors (Lipinski definition) is 2. The highest BCUT2D eigenvalue weighted by molar-refractivity contribution is 5.70. The summed E-state index contributed by atoms with van der Waals surface area (Å²) in [6.45, 7) is 5.02. The zero-order chi connectivity index (χ0) is 13.0. The molecule has 2 rings (SSSR count). The van der Waals surface area contributed by atoms with Crippen LogP contribution in [0.3, 0.4) is 0 Å². The number of piperidine rings is 1. The van der Waals surface area contributed by atoms with Gasteiger partial charge in [0, 0.05) is 46.4 Å². The van der Waals surface area contributed by atoms with E-state index < -0.39 is 6.03 Å². The Morgan fingerprint density at radius 2 is 1.78 bits per heavy atom. The van der Waals surface area contributed by atoms with E-state index in [1.807, 2.05) is 10.0 Å². The lowest BCUT2D eigenvalue weighted by Crippen LogP contribution is -2.63. The van der Waals surface area contributed by atoms with Gasteiger partial charge in [0.05, 0.1) is 6.10 Å². The normalized spacial score (nSPS) is 24.1. The van der Waals surface area contributed by atoms with Crippen molar-refractivity contribution < 1.29 is 9.53 Å². The van der Waals surface area contributed by atoms with Crippen LogP contribution in [0.5, 0.6) is 0 Å². The van der Waals surface area contributed by atoms with Crippen molar-refractivity contribution in [2.45, 2.75) is 18.9 Å². The van der Waals surface area contributed by atoms with Gasteiger partial charge in [-0.1, -0.05) is 0 Å². The Morgan fingerprint density at radius 1 is 1.22 bits per heavy atom. The van der Waals surface area contributed by atoms with Crippen LogP contribution in [-0.4, -0.2) is 73.6 Å². The molecule has 0 saturated carbocycles. The number of rotatable bonds is 3. The van der Waals surface area contributed by atoms with Gasteiger partial charge >= 0.3 is 6.03 Å². The van der Waals surface area contributed by atoms with Gasteiger partial charge in [-0.25, -0.2) is 9.80 Å². The number of carbonyl (C=O) groups is 1. The summed E-state index contributed by atoms with van der Waals surface area (Å²) in [7, 11) is 1.74. The first-order valence-electron chi connectivity index (χ1n) is 6.55. The second kappa shape index (κ2) is 6.33. The van der Waals surface area contributed by atoms with Gasteiger partial charge in [0.15, 0.2) is 0 Å². The van der Waals surface area contributed by atoms with E-state index in [2.05, 4.69) is 5.32 Å². The molecule has 2 fully saturated rings. The van der Waals surface area contributed by atoms with Gasteiger partial charge in [-0.15, -0.1) is 0 Å². The van der Waals surface area contributed by atoms with Crippen LogP contribution >= 0.6 is 0 Å². The van der Waals surface area contributed by atoms with Crippen molar-refractivity contribution in [3.8, 4) is 0 Å². The number of carbonyl (C=O) groups excluding carboxylic acids is 1. The van der Waals surface area contributed by atoms with Crippen molar-refractivity contribution in [1.82, 2.24) is 20.5 Å². The second-order valence-corrected chi connectivity index (χ2v) is 4.72. The molecule has 7 nitrogen and oxygen atoms in total. The molecule has 2 saturated heterocycles. The van der Waals surface area contributed by atoms with Crippen LogP contribution in [-0.2, 0) is 4.74 Å². The molecule has 2 aliphatic rings. The molecule has 0 aromatic rings. The summed E-state index contributed by atoms with van der Waals surface area (Å²) in [5.74, 6) is 0. The van der Waals surface area contributed by atoms with Crippen molar-refractivity contribution in [2.24, 2.45) is 5.73 Å². The number of primary amides is 1. The molecule has 0 aromatic heterocycles. The minimum atomic E-state index is -0.396. The van der Waals surface area contributed by atoms with Crippen LogP contribution in [0.4, 0.5) is 4.79 Å². The summed E-state index contributed by atoms with van der Waals surface area (Å²) in [5, 5.41) is 8.94. The Labute approximate surface area is 108 Å². The number of hydrazine groups is 2. The third-order valence-corrected chi connectivity index (χ3v) is 3.58. The average Bonchev–Trinajstić information content (AvgIpc) is 2.40. The van der Waals surface area contributed by atoms with E-state index in [1.54, 1.807) is 12.2 Å². The average molecular weight is 257 g/mol. The molecule has 0 radical (unpaired) electrons. The smallest absolute Gasteiger partial charge is 0.344 e. The molecule has 2 heterocycles. The second-order valence-electron chi connectivity index (χ2n) is 4.72. The predicted molar refractivity (Wildman–Crippen MR) is 67.5 cm³/mol. The molecule has 7 heteroatoms. The molecule has 0 aromatic carbocycles. The quantitative estimate of drug-likeness (QED) is 0.693. The Balaban J connectivity index is 1.95. The molecular formula is C11H23N5O2. The Kier molecular flexibility index (Phi) is 4.76. The topological polar surface area (TPSA) is 74.1 Å². The van der Waals surface area contributed by atoms with Gasteiger partial charge < -0.3 is 15.8 Å². The van der Waals surface area contributed by atoms with Crippen LogP contribution in [0.2, 0.25) is 0 Å². The third kappa shape index (κ3) is 3.11. The Bertz CT molecular complexity index is 275. The van der Waals surface area contributed by atoms with E-state index in [1.165, 1.54) is 0 Å². The fourth-order valence-electron chi connectivity index (χ4n) is 2.57. The summed E-state index contributed by atoms with van der Waals surface area (Å²) in [5.41, 5.74) is 5.52. The molecule has 0 bridgehead atoms. The highest BCUT2D eigenvalue weighted by Gasteiger charge is 2.30.